The molecule has 10 aromatic rings. The van der Waals surface area contributed by atoms with Gasteiger partial charge in [-0.25, -0.2) is 8.78 Å². The summed E-state index contributed by atoms with van der Waals surface area (Å²) in [5, 5.41) is 9.43. The second-order valence-corrected chi connectivity index (χ2v) is 18.5. The molecule has 0 spiro atoms. The van der Waals surface area contributed by atoms with Crippen LogP contribution in [0.15, 0.2) is 127 Å². The number of halogens is 2. The molecule has 0 amide bonds. The molecule has 2 aliphatic rings. The molecule has 8 aromatic carbocycles. The molecular formula is C52H39BF2N2. The highest BCUT2D eigenvalue weighted by atomic mass is 19.1. The van der Waals surface area contributed by atoms with Crippen molar-refractivity contribution in [3.05, 3.63) is 150 Å². The molecule has 0 fully saturated rings. The van der Waals surface area contributed by atoms with E-state index in [2.05, 4.69) is 160 Å². The minimum absolute atomic E-state index is 0.00725. The number of nitrogens with zero attached hydrogens (tertiary/aromatic N) is 2. The Labute approximate surface area is 330 Å². The first-order valence-corrected chi connectivity index (χ1v) is 20.0. The first-order chi connectivity index (χ1) is 27.3. The van der Waals surface area contributed by atoms with Gasteiger partial charge in [-0.1, -0.05) is 108 Å². The van der Waals surface area contributed by atoms with E-state index in [1.54, 1.807) is 0 Å². The lowest BCUT2D eigenvalue weighted by Gasteiger charge is -2.36. The molecule has 0 unspecified atom stereocenters. The monoisotopic (exact) mass is 740 g/mol. The van der Waals surface area contributed by atoms with Gasteiger partial charge in [-0.15, -0.1) is 0 Å². The maximum absolute atomic E-state index is 16.0. The van der Waals surface area contributed by atoms with Gasteiger partial charge in [0, 0.05) is 44.0 Å². The lowest BCUT2D eigenvalue weighted by Crippen LogP contribution is -2.59. The van der Waals surface area contributed by atoms with Gasteiger partial charge in [-0.2, -0.15) is 0 Å². The van der Waals surface area contributed by atoms with Crippen molar-refractivity contribution in [2.75, 3.05) is 0 Å². The van der Waals surface area contributed by atoms with Crippen molar-refractivity contribution in [3.8, 4) is 22.5 Å². The van der Waals surface area contributed by atoms with E-state index in [0.717, 1.165) is 49.7 Å². The summed E-state index contributed by atoms with van der Waals surface area (Å²) in [5.41, 5.74) is 13.0. The molecule has 2 aromatic heterocycles. The first kappa shape index (κ1) is 33.0. The molecule has 0 bridgehead atoms. The predicted molar refractivity (Wildman–Crippen MR) is 238 cm³/mol. The van der Waals surface area contributed by atoms with Gasteiger partial charge in [0.25, 0.3) is 6.71 Å². The fourth-order valence-electron chi connectivity index (χ4n) is 10.2. The number of rotatable bonds is 1. The van der Waals surface area contributed by atoms with Gasteiger partial charge >= 0.3 is 0 Å². The molecule has 0 radical (unpaired) electrons. The van der Waals surface area contributed by atoms with E-state index in [-0.39, 0.29) is 23.1 Å². The highest BCUT2D eigenvalue weighted by molar-refractivity contribution is 7.00. The fourth-order valence-corrected chi connectivity index (χ4v) is 10.2. The van der Waals surface area contributed by atoms with Crippen LogP contribution in [0.1, 0.15) is 52.7 Å². The third-order valence-electron chi connectivity index (χ3n) is 13.0. The summed E-state index contributed by atoms with van der Waals surface area (Å²) in [7, 11) is 0. The molecule has 5 heteroatoms. The maximum atomic E-state index is 16.0. The van der Waals surface area contributed by atoms with E-state index in [1.807, 2.05) is 0 Å². The lowest BCUT2D eigenvalue weighted by atomic mass is 9.34. The molecule has 4 heterocycles. The minimum atomic E-state index is -0.572. The normalized spacial score (nSPS) is 13.6. The zero-order chi connectivity index (χ0) is 38.9. The van der Waals surface area contributed by atoms with Gasteiger partial charge in [0.05, 0.1) is 16.6 Å². The number of fused-ring (bicyclic) bond motifs is 12. The minimum Gasteiger partial charge on any atom is -0.310 e. The zero-order valence-corrected chi connectivity index (χ0v) is 32.9. The van der Waals surface area contributed by atoms with Crippen molar-refractivity contribution in [1.82, 2.24) is 9.13 Å². The van der Waals surface area contributed by atoms with Crippen LogP contribution in [-0.2, 0) is 10.8 Å². The summed E-state index contributed by atoms with van der Waals surface area (Å²) in [4.78, 5) is 0. The van der Waals surface area contributed by atoms with Crippen LogP contribution >= 0.6 is 0 Å². The predicted octanol–water partition coefficient (Wildman–Crippen LogP) is 11.9. The van der Waals surface area contributed by atoms with Crippen LogP contribution < -0.4 is 16.4 Å². The number of hydrogen-bond acceptors (Lipinski definition) is 0. The first-order valence-electron chi connectivity index (χ1n) is 20.0. The Kier molecular flexibility index (Phi) is 6.25. The molecule has 57 heavy (non-hydrogen) atoms. The third kappa shape index (κ3) is 4.35. The van der Waals surface area contributed by atoms with Crippen molar-refractivity contribution in [2.45, 2.75) is 52.4 Å². The SMILES string of the molecule is CC(C)(C)c1cc2c3c(c1)c1cc4ccccc4cc1n3-c1cc(-c3c(F)cccc3F)cc3c1B2c1cc(C(C)(C)C)cc2c4cc5ccccc5cc4n-3c12. The Morgan fingerprint density at radius 2 is 0.877 bits per heavy atom. The van der Waals surface area contributed by atoms with Crippen LogP contribution in [0.2, 0.25) is 0 Å². The van der Waals surface area contributed by atoms with E-state index < -0.39 is 11.6 Å². The van der Waals surface area contributed by atoms with Gasteiger partial charge in [0.1, 0.15) is 11.6 Å². The Morgan fingerprint density at radius 1 is 0.456 bits per heavy atom. The smallest absolute Gasteiger partial charge is 0.252 e. The van der Waals surface area contributed by atoms with Gasteiger partial charge in [0.2, 0.25) is 0 Å². The van der Waals surface area contributed by atoms with Crippen molar-refractivity contribution in [1.29, 1.82) is 0 Å². The Balaban J connectivity index is 1.36. The van der Waals surface area contributed by atoms with Crippen molar-refractivity contribution in [3.63, 3.8) is 0 Å². The zero-order valence-electron chi connectivity index (χ0n) is 32.9. The van der Waals surface area contributed by atoms with Gasteiger partial charge in [-0.3, -0.25) is 0 Å². The van der Waals surface area contributed by atoms with Crippen molar-refractivity contribution in [2.24, 2.45) is 0 Å². The lowest BCUT2D eigenvalue weighted by molar-refractivity contribution is 0.589. The molecule has 0 saturated heterocycles. The van der Waals surface area contributed by atoms with E-state index in [0.29, 0.717) is 5.56 Å². The molecule has 0 atom stereocenters. The Hall–Kier alpha value is -6.20. The topological polar surface area (TPSA) is 9.86 Å². The average Bonchev–Trinajstić information content (AvgIpc) is 3.67. The quantitative estimate of drug-likeness (QED) is 0.148. The highest BCUT2D eigenvalue weighted by Crippen LogP contribution is 2.44. The van der Waals surface area contributed by atoms with E-state index in [4.69, 9.17) is 0 Å². The molecule has 12 rings (SSSR count). The Morgan fingerprint density at radius 3 is 1.30 bits per heavy atom. The maximum Gasteiger partial charge on any atom is 0.252 e. The average molecular weight is 741 g/mol. The second kappa shape index (κ2) is 10.8. The van der Waals surface area contributed by atoms with Gasteiger partial charge in [0.15, 0.2) is 0 Å². The summed E-state index contributed by atoms with van der Waals surface area (Å²) in [6.45, 7) is 13.7. The van der Waals surface area contributed by atoms with E-state index >= 15 is 8.78 Å². The molecule has 0 N–H and O–H groups in total. The van der Waals surface area contributed by atoms with Gasteiger partial charge in [-0.05, 0) is 126 Å². The van der Waals surface area contributed by atoms with Crippen LogP contribution in [0, 0.1) is 11.6 Å². The van der Waals surface area contributed by atoms with Crippen molar-refractivity contribution >= 4 is 88.3 Å². The molecule has 0 saturated carbocycles. The van der Waals surface area contributed by atoms with Gasteiger partial charge < -0.3 is 9.13 Å². The van der Waals surface area contributed by atoms with Crippen LogP contribution in [0.25, 0.3) is 87.7 Å². The highest BCUT2D eigenvalue weighted by Gasteiger charge is 2.43. The molecule has 274 valence electrons. The molecule has 2 nitrogen and oxygen atoms in total. The summed E-state index contributed by atoms with van der Waals surface area (Å²) in [6.07, 6.45) is 0. The Bertz CT molecular complexity index is 3240. The van der Waals surface area contributed by atoms with Crippen LogP contribution in [0.5, 0.6) is 0 Å². The van der Waals surface area contributed by atoms with Crippen LogP contribution in [-0.4, -0.2) is 15.8 Å². The fraction of sp³-hybridized carbons (Fsp3) is 0.154. The molecule has 2 aliphatic heterocycles. The molecule has 0 aliphatic carbocycles. The largest absolute Gasteiger partial charge is 0.310 e. The van der Waals surface area contributed by atoms with Crippen LogP contribution in [0.3, 0.4) is 0 Å². The van der Waals surface area contributed by atoms with Crippen molar-refractivity contribution < 1.29 is 8.78 Å². The number of aromatic nitrogens is 2. The number of benzene rings is 8. The summed E-state index contributed by atoms with van der Waals surface area (Å²) in [6, 6.07) is 44.4. The second-order valence-electron chi connectivity index (χ2n) is 18.5. The van der Waals surface area contributed by atoms with E-state index in [1.165, 1.54) is 72.6 Å². The summed E-state index contributed by atoms with van der Waals surface area (Å²) >= 11 is 0. The number of hydrogen-bond donors (Lipinski definition) is 0. The van der Waals surface area contributed by atoms with E-state index in [9.17, 15) is 0 Å². The standard InChI is InChI=1S/C52H39BF2N2/c1-51(2,3)33-24-37-35-18-28-12-7-9-14-30(28)20-43(35)56-45-22-32(47-41(54)16-11-17-42(47)55)23-46-48(45)53(39(26-33)49(37)56)40-27-34(52(4,5)6)25-38-36-19-29-13-8-10-15-31(29)21-44(36)57(46)50(38)40/h7-27H,1-6H3. The van der Waals surface area contributed by atoms with Crippen LogP contribution in [0.4, 0.5) is 8.78 Å². The third-order valence-corrected chi connectivity index (χ3v) is 13.0. The summed E-state index contributed by atoms with van der Waals surface area (Å²) < 4.78 is 36.9. The molecular weight excluding hydrogens is 701 g/mol. The summed E-state index contributed by atoms with van der Waals surface area (Å²) in [5.74, 6) is -1.14.